The highest BCUT2D eigenvalue weighted by Gasteiger charge is 2.29. The van der Waals surface area contributed by atoms with Crippen LogP contribution in [0.1, 0.15) is 65.1 Å². The molecular formula is C25H25FN8O4. The third-order valence-corrected chi connectivity index (χ3v) is 6.02. The summed E-state index contributed by atoms with van der Waals surface area (Å²) in [5.74, 6) is 0.0954. The summed E-state index contributed by atoms with van der Waals surface area (Å²) in [6, 6.07) is 4.87. The summed E-state index contributed by atoms with van der Waals surface area (Å²) in [5.41, 5.74) is 2.57. The van der Waals surface area contributed by atoms with Gasteiger partial charge in [0.1, 0.15) is 6.10 Å². The first-order chi connectivity index (χ1) is 18.2. The molecule has 0 aromatic carbocycles. The van der Waals surface area contributed by atoms with Crippen molar-refractivity contribution in [3.8, 4) is 11.4 Å². The number of pyridine rings is 2. The molecule has 0 unspecified atom stereocenters. The van der Waals surface area contributed by atoms with E-state index in [1.807, 2.05) is 0 Å². The van der Waals surface area contributed by atoms with Crippen LogP contribution in [-0.2, 0) is 11.8 Å². The van der Waals surface area contributed by atoms with Gasteiger partial charge in [-0.15, -0.1) is 5.10 Å². The number of nitrogens with one attached hydrogen (secondary N) is 2. The Morgan fingerprint density at radius 2 is 1.97 bits per heavy atom. The summed E-state index contributed by atoms with van der Waals surface area (Å²) in [4.78, 5) is 37.6. The molecule has 196 valence electrons. The Morgan fingerprint density at radius 1 is 1.18 bits per heavy atom. The molecule has 2 amide bonds. The third kappa shape index (κ3) is 5.21. The van der Waals surface area contributed by atoms with Crippen LogP contribution in [0.4, 0.5) is 20.7 Å². The van der Waals surface area contributed by atoms with Gasteiger partial charge in [-0.1, -0.05) is 5.21 Å². The highest BCUT2D eigenvalue weighted by molar-refractivity contribution is 6.02. The summed E-state index contributed by atoms with van der Waals surface area (Å²) >= 11 is 0. The van der Waals surface area contributed by atoms with Crippen molar-refractivity contribution in [2.45, 2.75) is 45.6 Å². The van der Waals surface area contributed by atoms with Crippen LogP contribution in [0.3, 0.4) is 0 Å². The molecular weight excluding hydrogens is 495 g/mol. The molecule has 2 N–H and O–H groups in total. The summed E-state index contributed by atoms with van der Waals surface area (Å²) < 4.78 is 26.4. The zero-order valence-electron chi connectivity index (χ0n) is 21.1. The first kappa shape index (κ1) is 25.0. The van der Waals surface area contributed by atoms with Crippen molar-refractivity contribution in [3.63, 3.8) is 0 Å². The van der Waals surface area contributed by atoms with Gasteiger partial charge in [0.05, 0.1) is 23.3 Å². The number of carbonyl (C=O) groups excluding carboxylic acids is 2. The van der Waals surface area contributed by atoms with E-state index in [0.717, 1.165) is 18.4 Å². The van der Waals surface area contributed by atoms with Gasteiger partial charge in [-0.05, 0) is 57.4 Å². The molecule has 1 aliphatic rings. The van der Waals surface area contributed by atoms with Crippen molar-refractivity contribution in [2.75, 3.05) is 10.6 Å². The van der Waals surface area contributed by atoms with Crippen molar-refractivity contribution in [1.82, 2.24) is 29.9 Å². The molecule has 4 heterocycles. The first-order valence-corrected chi connectivity index (χ1v) is 11.9. The summed E-state index contributed by atoms with van der Waals surface area (Å²) in [5, 5.41) is 13.4. The predicted molar refractivity (Wildman–Crippen MR) is 133 cm³/mol. The molecule has 12 nitrogen and oxygen atoms in total. The average Bonchev–Trinajstić information content (AvgIpc) is 3.50. The number of ether oxygens (including phenoxy) is 1. The van der Waals surface area contributed by atoms with Gasteiger partial charge in [0.15, 0.2) is 17.4 Å². The summed E-state index contributed by atoms with van der Waals surface area (Å²) in [6.45, 7) is 5.03. The number of hydrogen-bond donors (Lipinski definition) is 2. The molecule has 1 fully saturated rings. The number of aromatic nitrogens is 6. The first-order valence-electron chi connectivity index (χ1n) is 11.9. The Labute approximate surface area is 216 Å². The van der Waals surface area contributed by atoms with Gasteiger partial charge < -0.3 is 14.5 Å². The molecule has 13 heteroatoms. The lowest BCUT2D eigenvalue weighted by Crippen LogP contribution is -2.19. The fourth-order valence-corrected chi connectivity index (χ4v) is 3.80. The number of nitrogens with zero attached hydrogens (tertiary/aromatic N) is 6. The number of aryl methyl sites for hydroxylation is 3. The topological polar surface area (TPSA) is 150 Å². The van der Waals surface area contributed by atoms with Crippen LogP contribution in [0.5, 0.6) is 0 Å². The molecule has 1 atom stereocenters. The quantitative estimate of drug-likeness (QED) is 0.337. The lowest BCUT2D eigenvalue weighted by molar-refractivity contribution is 0.0994. The van der Waals surface area contributed by atoms with Crippen LogP contribution < -0.4 is 10.6 Å². The van der Waals surface area contributed by atoms with Crippen molar-refractivity contribution in [1.29, 1.82) is 0 Å². The average molecular weight is 521 g/mol. The Morgan fingerprint density at radius 3 is 2.71 bits per heavy atom. The van der Waals surface area contributed by atoms with E-state index in [-0.39, 0.29) is 22.8 Å². The van der Waals surface area contributed by atoms with Gasteiger partial charge in [0.2, 0.25) is 11.7 Å². The van der Waals surface area contributed by atoms with Gasteiger partial charge in [0, 0.05) is 24.7 Å². The fraction of sp³-hybridized carbons (Fsp3) is 0.320. The molecule has 1 saturated carbocycles. The van der Waals surface area contributed by atoms with E-state index < -0.39 is 24.1 Å². The van der Waals surface area contributed by atoms with Crippen molar-refractivity contribution >= 4 is 23.5 Å². The van der Waals surface area contributed by atoms with E-state index in [1.165, 1.54) is 17.1 Å². The number of hydrogen-bond acceptors (Lipinski definition) is 9. The highest BCUT2D eigenvalue weighted by atomic mass is 19.1. The predicted octanol–water partition coefficient (Wildman–Crippen LogP) is 4.46. The van der Waals surface area contributed by atoms with E-state index in [4.69, 9.17) is 9.15 Å². The lowest BCUT2D eigenvalue weighted by Gasteiger charge is -2.15. The Kier molecular flexibility index (Phi) is 6.57. The number of halogens is 1. The van der Waals surface area contributed by atoms with Crippen molar-refractivity contribution in [3.05, 3.63) is 65.0 Å². The normalized spacial score (nSPS) is 13.7. The van der Waals surface area contributed by atoms with Gasteiger partial charge in [-0.3, -0.25) is 10.1 Å². The Balaban J connectivity index is 1.29. The van der Waals surface area contributed by atoms with Gasteiger partial charge in [0.25, 0.3) is 5.91 Å². The van der Waals surface area contributed by atoms with Gasteiger partial charge in [-0.2, -0.15) is 4.39 Å². The summed E-state index contributed by atoms with van der Waals surface area (Å²) in [6.07, 6.45) is 3.13. The second kappa shape index (κ2) is 10.00. The van der Waals surface area contributed by atoms with Crippen LogP contribution in [-0.4, -0.2) is 41.9 Å². The second-order valence-electron chi connectivity index (χ2n) is 9.10. The highest BCUT2D eigenvalue weighted by Crippen LogP contribution is 2.39. The van der Waals surface area contributed by atoms with Crippen LogP contribution >= 0.6 is 0 Å². The minimum Gasteiger partial charge on any atom is -0.441 e. The van der Waals surface area contributed by atoms with E-state index in [1.54, 1.807) is 46.0 Å². The maximum Gasteiger partial charge on any atom is 0.413 e. The Hall–Kier alpha value is -4.68. The second-order valence-corrected chi connectivity index (χ2v) is 9.10. The minimum absolute atomic E-state index is 0.129. The van der Waals surface area contributed by atoms with Crippen LogP contribution in [0, 0.1) is 19.8 Å². The molecule has 0 spiro atoms. The maximum atomic E-state index is 14.1. The minimum atomic E-state index is -0.889. The lowest BCUT2D eigenvalue weighted by atomic mass is 10.1. The SMILES string of the molecule is Cc1cnc(F)c([C@@H](C)OC(=O)Nc2c(-c3ccc(NC(=O)c4cnc(C5CC5)o4)c(C)n3)nnn2C)c1. The summed E-state index contributed by atoms with van der Waals surface area (Å²) in [7, 11) is 1.59. The number of amides is 2. The third-order valence-electron chi connectivity index (χ3n) is 6.02. The molecule has 38 heavy (non-hydrogen) atoms. The van der Waals surface area contributed by atoms with Crippen LogP contribution in [0.15, 0.2) is 35.0 Å². The number of carbonyl (C=O) groups is 2. The molecule has 0 saturated heterocycles. The van der Waals surface area contributed by atoms with Crippen LogP contribution in [0.2, 0.25) is 0 Å². The maximum absolute atomic E-state index is 14.1. The van der Waals surface area contributed by atoms with E-state index in [9.17, 15) is 14.0 Å². The number of anilines is 2. The largest absolute Gasteiger partial charge is 0.441 e. The molecule has 0 radical (unpaired) electrons. The molecule has 0 bridgehead atoms. The van der Waals surface area contributed by atoms with E-state index in [0.29, 0.717) is 28.9 Å². The van der Waals surface area contributed by atoms with Crippen molar-refractivity contribution < 1.29 is 23.1 Å². The Bertz CT molecular complexity index is 1530. The monoisotopic (exact) mass is 520 g/mol. The zero-order chi connectivity index (χ0) is 27.0. The number of oxazole rings is 1. The van der Waals surface area contributed by atoms with Gasteiger partial charge >= 0.3 is 6.09 Å². The zero-order valence-corrected chi connectivity index (χ0v) is 21.1. The smallest absolute Gasteiger partial charge is 0.413 e. The molecule has 4 aromatic heterocycles. The van der Waals surface area contributed by atoms with Crippen LogP contribution in [0.25, 0.3) is 11.4 Å². The molecule has 4 aromatic rings. The molecule has 0 aliphatic heterocycles. The standard InChI is InChI=1S/C25H25FN8O4/c1-12-9-16(21(26)27-10-12)14(3)37-25(36)31-22-20(32-33-34(22)4)18-8-7-17(13(2)29-18)30-23(35)19-11-28-24(38-19)15-5-6-15/h7-11,14-15H,5-6H2,1-4H3,(H,30,35)(H,31,36)/t14-/m1/s1. The van der Waals surface area contributed by atoms with E-state index >= 15 is 0 Å². The fourth-order valence-electron chi connectivity index (χ4n) is 3.80. The number of rotatable bonds is 7. The molecule has 5 rings (SSSR count). The van der Waals surface area contributed by atoms with E-state index in [2.05, 4.69) is 35.9 Å². The van der Waals surface area contributed by atoms with Crippen molar-refractivity contribution in [2.24, 2.45) is 7.05 Å². The molecule has 1 aliphatic carbocycles. The van der Waals surface area contributed by atoms with Gasteiger partial charge in [-0.25, -0.2) is 24.4 Å².